The summed E-state index contributed by atoms with van der Waals surface area (Å²) in [7, 11) is 0. The van der Waals surface area contributed by atoms with Crippen molar-refractivity contribution in [1.82, 2.24) is 5.32 Å². The zero-order chi connectivity index (χ0) is 14.5. The van der Waals surface area contributed by atoms with Crippen LogP contribution < -0.4 is 16.0 Å². The minimum atomic E-state index is -0.963. The highest BCUT2D eigenvalue weighted by atomic mass is 16.4. The van der Waals surface area contributed by atoms with Gasteiger partial charge in [-0.1, -0.05) is 0 Å². The molecule has 7 nitrogen and oxygen atoms in total. The SMILES string of the molecule is O=C(O)CCNC(=O)Nc1ccc2c(c1)CCC(=O)N2. The number of aliphatic carboxylic acids is 1. The van der Waals surface area contributed by atoms with Crippen molar-refractivity contribution >= 4 is 29.3 Å². The zero-order valence-corrected chi connectivity index (χ0v) is 10.7. The fourth-order valence-electron chi connectivity index (χ4n) is 1.92. The minimum absolute atomic E-state index is 0.00961. The Morgan fingerprint density at radius 3 is 2.85 bits per heavy atom. The third-order valence-corrected chi connectivity index (χ3v) is 2.88. The fraction of sp³-hybridized carbons (Fsp3) is 0.308. The molecule has 0 radical (unpaired) electrons. The van der Waals surface area contributed by atoms with Crippen LogP contribution in [-0.2, 0) is 16.0 Å². The molecule has 1 aromatic carbocycles. The van der Waals surface area contributed by atoms with Gasteiger partial charge in [0.1, 0.15) is 0 Å². The molecule has 7 heteroatoms. The number of rotatable bonds is 4. The molecule has 106 valence electrons. The largest absolute Gasteiger partial charge is 0.481 e. The number of urea groups is 1. The fourth-order valence-corrected chi connectivity index (χ4v) is 1.92. The Hall–Kier alpha value is -2.57. The molecule has 0 atom stereocenters. The summed E-state index contributed by atoms with van der Waals surface area (Å²) in [5.74, 6) is -0.973. The highest BCUT2D eigenvalue weighted by molar-refractivity contribution is 5.95. The van der Waals surface area contributed by atoms with E-state index in [4.69, 9.17) is 5.11 Å². The van der Waals surface area contributed by atoms with Crippen molar-refractivity contribution in [3.05, 3.63) is 23.8 Å². The van der Waals surface area contributed by atoms with Crippen molar-refractivity contribution in [2.75, 3.05) is 17.2 Å². The van der Waals surface area contributed by atoms with E-state index in [9.17, 15) is 14.4 Å². The van der Waals surface area contributed by atoms with E-state index in [2.05, 4.69) is 16.0 Å². The summed E-state index contributed by atoms with van der Waals surface area (Å²) in [6.45, 7) is 0.0716. The number of benzene rings is 1. The summed E-state index contributed by atoms with van der Waals surface area (Å²) in [5.41, 5.74) is 2.33. The molecule has 20 heavy (non-hydrogen) atoms. The lowest BCUT2D eigenvalue weighted by Gasteiger charge is -2.17. The Morgan fingerprint density at radius 2 is 2.10 bits per heavy atom. The van der Waals surface area contributed by atoms with Crippen LogP contribution in [0.15, 0.2) is 18.2 Å². The van der Waals surface area contributed by atoms with E-state index < -0.39 is 12.0 Å². The van der Waals surface area contributed by atoms with Gasteiger partial charge < -0.3 is 21.1 Å². The predicted molar refractivity (Wildman–Crippen MR) is 72.7 cm³/mol. The molecule has 0 saturated carbocycles. The van der Waals surface area contributed by atoms with Gasteiger partial charge in [0.15, 0.2) is 0 Å². The summed E-state index contributed by atoms with van der Waals surface area (Å²) < 4.78 is 0. The van der Waals surface area contributed by atoms with Crippen LogP contribution in [0.1, 0.15) is 18.4 Å². The van der Waals surface area contributed by atoms with Crippen molar-refractivity contribution in [1.29, 1.82) is 0 Å². The van der Waals surface area contributed by atoms with Gasteiger partial charge in [-0.3, -0.25) is 9.59 Å². The van der Waals surface area contributed by atoms with Crippen LogP contribution in [0.3, 0.4) is 0 Å². The first kappa shape index (κ1) is 13.9. The molecule has 2 rings (SSSR count). The van der Waals surface area contributed by atoms with Gasteiger partial charge in [-0.25, -0.2) is 4.79 Å². The number of amides is 3. The molecule has 0 spiro atoms. The van der Waals surface area contributed by atoms with Gasteiger partial charge in [-0.2, -0.15) is 0 Å². The van der Waals surface area contributed by atoms with Gasteiger partial charge in [0.25, 0.3) is 0 Å². The molecule has 4 N–H and O–H groups in total. The molecule has 0 saturated heterocycles. The first-order chi connectivity index (χ1) is 9.54. The lowest BCUT2D eigenvalue weighted by molar-refractivity contribution is -0.136. The maximum Gasteiger partial charge on any atom is 0.319 e. The van der Waals surface area contributed by atoms with E-state index in [1.165, 1.54) is 0 Å². The van der Waals surface area contributed by atoms with Crippen molar-refractivity contribution in [3.63, 3.8) is 0 Å². The number of nitrogens with one attached hydrogen (secondary N) is 3. The number of hydrogen-bond donors (Lipinski definition) is 4. The van der Waals surface area contributed by atoms with Crippen LogP contribution in [0.5, 0.6) is 0 Å². The predicted octanol–water partition coefficient (Wildman–Crippen LogP) is 1.17. The molecule has 0 aromatic heterocycles. The van der Waals surface area contributed by atoms with Crippen LogP contribution in [0, 0.1) is 0 Å². The second-order valence-electron chi connectivity index (χ2n) is 4.44. The number of anilines is 2. The second kappa shape index (κ2) is 6.05. The molecule has 1 heterocycles. The van der Waals surface area contributed by atoms with Crippen LogP contribution in [-0.4, -0.2) is 29.6 Å². The van der Waals surface area contributed by atoms with Crippen LogP contribution in [0.2, 0.25) is 0 Å². The van der Waals surface area contributed by atoms with E-state index in [-0.39, 0.29) is 18.9 Å². The van der Waals surface area contributed by atoms with Gasteiger partial charge in [0.05, 0.1) is 6.42 Å². The standard InChI is InChI=1S/C13H15N3O4/c17-11-4-1-8-7-9(2-3-10(8)16-11)15-13(20)14-6-5-12(18)19/h2-3,7H,1,4-6H2,(H,16,17)(H,18,19)(H2,14,15,20). The smallest absolute Gasteiger partial charge is 0.319 e. The third-order valence-electron chi connectivity index (χ3n) is 2.88. The molecule has 1 aliphatic rings. The Kier molecular flexibility index (Phi) is 4.19. The molecule has 1 aromatic rings. The van der Waals surface area contributed by atoms with E-state index in [0.29, 0.717) is 18.5 Å². The summed E-state index contributed by atoms with van der Waals surface area (Å²) in [6, 6.07) is 4.76. The number of hydrogen-bond acceptors (Lipinski definition) is 3. The lowest BCUT2D eigenvalue weighted by Crippen LogP contribution is -2.30. The van der Waals surface area contributed by atoms with Gasteiger partial charge >= 0.3 is 12.0 Å². The van der Waals surface area contributed by atoms with Gasteiger partial charge in [-0.15, -0.1) is 0 Å². The maximum absolute atomic E-state index is 11.5. The normalized spacial score (nSPS) is 13.1. The lowest BCUT2D eigenvalue weighted by atomic mass is 10.0. The van der Waals surface area contributed by atoms with Crippen molar-refractivity contribution in [3.8, 4) is 0 Å². The number of fused-ring (bicyclic) bond motifs is 1. The van der Waals surface area contributed by atoms with Crippen LogP contribution in [0.4, 0.5) is 16.2 Å². The van der Waals surface area contributed by atoms with E-state index in [0.717, 1.165) is 11.3 Å². The minimum Gasteiger partial charge on any atom is -0.481 e. The molecule has 3 amide bonds. The zero-order valence-electron chi connectivity index (χ0n) is 10.7. The van der Waals surface area contributed by atoms with Gasteiger partial charge in [0, 0.05) is 24.3 Å². The summed E-state index contributed by atoms with van der Waals surface area (Å²) >= 11 is 0. The first-order valence-electron chi connectivity index (χ1n) is 6.24. The summed E-state index contributed by atoms with van der Waals surface area (Å²) in [5, 5.41) is 16.3. The quantitative estimate of drug-likeness (QED) is 0.662. The molecule has 0 aliphatic carbocycles. The monoisotopic (exact) mass is 277 g/mol. The second-order valence-corrected chi connectivity index (χ2v) is 4.44. The number of carbonyl (C=O) groups is 3. The van der Waals surface area contributed by atoms with E-state index in [1.54, 1.807) is 18.2 Å². The Morgan fingerprint density at radius 1 is 1.30 bits per heavy atom. The third kappa shape index (κ3) is 3.71. The highest BCUT2D eigenvalue weighted by Gasteiger charge is 2.15. The topological polar surface area (TPSA) is 108 Å². The Balaban J connectivity index is 1.92. The van der Waals surface area contributed by atoms with Crippen molar-refractivity contribution in [2.45, 2.75) is 19.3 Å². The molecule has 1 aliphatic heterocycles. The first-order valence-corrected chi connectivity index (χ1v) is 6.24. The molecule has 0 bridgehead atoms. The summed E-state index contributed by atoms with van der Waals surface area (Å²) in [4.78, 5) is 33.1. The summed E-state index contributed by atoms with van der Waals surface area (Å²) in [6.07, 6.45) is 0.947. The van der Waals surface area contributed by atoms with Gasteiger partial charge in [0.2, 0.25) is 5.91 Å². The number of aryl methyl sites for hydroxylation is 1. The van der Waals surface area contributed by atoms with Gasteiger partial charge in [-0.05, 0) is 30.2 Å². The Bertz CT molecular complexity index is 557. The Labute approximate surface area is 115 Å². The molecular formula is C13H15N3O4. The van der Waals surface area contributed by atoms with Crippen molar-refractivity contribution < 1.29 is 19.5 Å². The van der Waals surface area contributed by atoms with Crippen LogP contribution in [0.25, 0.3) is 0 Å². The van der Waals surface area contributed by atoms with E-state index in [1.807, 2.05) is 0 Å². The number of carboxylic acid groups (broad SMARTS) is 1. The molecule has 0 fully saturated rings. The maximum atomic E-state index is 11.5. The highest BCUT2D eigenvalue weighted by Crippen LogP contribution is 2.25. The van der Waals surface area contributed by atoms with Crippen LogP contribution >= 0.6 is 0 Å². The number of carbonyl (C=O) groups excluding carboxylic acids is 2. The molecule has 0 unspecified atom stereocenters. The van der Waals surface area contributed by atoms with E-state index >= 15 is 0 Å². The number of carboxylic acids is 1. The average Bonchev–Trinajstić information content (AvgIpc) is 2.38. The van der Waals surface area contributed by atoms with Crippen molar-refractivity contribution in [2.24, 2.45) is 0 Å². The molecular weight excluding hydrogens is 262 g/mol. The average molecular weight is 277 g/mol.